The van der Waals surface area contributed by atoms with Crippen LogP contribution in [0.1, 0.15) is 38.3 Å². The van der Waals surface area contributed by atoms with Crippen molar-refractivity contribution in [3.8, 4) is 0 Å². The van der Waals surface area contributed by atoms with E-state index in [1.807, 2.05) is 6.92 Å². The number of aliphatic hydroxyl groups excluding tert-OH is 1. The summed E-state index contributed by atoms with van der Waals surface area (Å²) in [5.41, 5.74) is 3.15. The molecule has 31 heavy (non-hydrogen) atoms. The summed E-state index contributed by atoms with van der Waals surface area (Å²) in [6.45, 7) is 10.0. The van der Waals surface area contributed by atoms with Crippen LogP contribution in [0.15, 0.2) is 6.33 Å². The number of aromatic nitrogens is 3. The zero-order valence-corrected chi connectivity index (χ0v) is 19.1. The molecule has 0 saturated carbocycles. The van der Waals surface area contributed by atoms with Crippen molar-refractivity contribution in [3.63, 3.8) is 0 Å². The summed E-state index contributed by atoms with van der Waals surface area (Å²) in [4.78, 5) is 17.6. The molecule has 3 aromatic rings. The lowest BCUT2D eigenvalue weighted by atomic mass is 9.90. The van der Waals surface area contributed by atoms with Gasteiger partial charge in [0.05, 0.1) is 48.3 Å². The summed E-state index contributed by atoms with van der Waals surface area (Å²) in [5, 5.41) is 14.2. The highest BCUT2D eigenvalue weighted by Crippen LogP contribution is 2.44. The molecule has 166 valence electrons. The van der Waals surface area contributed by atoms with Gasteiger partial charge in [0.2, 0.25) is 0 Å². The summed E-state index contributed by atoms with van der Waals surface area (Å²) in [5.74, 6) is 1.78. The van der Waals surface area contributed by atoms with E-state index < -0.39 is 0 Å². The largest absolute Gasteiger partial charge is 0.394 e. The SMILES string of the molecule is CC[C@H](CO)Nc1ncnc2c1sc1nc(N3CCOCC3)c3c(c12)CC(C)(C)OC3. The first-order valence-corrected chi connectivity index (χ1v) is 11.8. The normalized spacial score (nSPS) is 19.5. The number of ether oxygens (including phenoxy) is 2. The molecule has 9 heteroatoms. The molecule has 3 aromatic heterocycles. The van der Waals surface area contributed by atoms with E-state index in [0.717, 1.165) is 58.0 Å². The van der Waals surface area contributed by atoms with Crippen molar-refractivity contribution in [2.24, 2.45) is 0 Å². The van der Waals surface area contributed by atoms with Crippen LogP contribution in [-0.4, -0.2) is 64.6 Å². The number of morpholine rings is 1. The first-order chi connectivity index (χ1) is 15.0. The van der Waals surface area contributed by atoms with E-state index in [0.29, 0.717) is 19.8 Å². The van der Waals surface area contributed by atoms with Gasteiger partial charge in [0, 0.05) is 30.5 Å². The fourth-order valence-electron chi connectivity index (χ4n) is 4.40. The molecule has 1 atom stereocenters. The van der Waals surface area contributed by atoms with Gasteiger partial charge in [0.25, 0.3) is 0 Å². The smallest absolute Gasteiger partial charge is 0.147 e. The lowest BCUT2D eigenvalue weighted by Gasteiger charge is -2.36. The van der Waals surface area contributed by atoms with Crippen molar-refractivity contribution in [2.75, 3.05) is 43.1 Å². The van der Waals surface area contributed by atoms with Crippen molar-refractivity contribution >= 4 is 43.4 Å². The van der Waals surface area contributed by atoms with Crippen molar-refractivity contribution in [2.45, 2.75) is 51.9 Å². The van der Waals surface area contributed by atoms with E-state index in [-0.39, 0.29) is 18.2 Å². The highest BCUT2D eigenvalue weighted by Gasteiger charge is 2.33. The Labute approximate surface area is 185 Å². The summed E-state index contributed by atoms with van der Waals surface area (Å²) in [7, 11) is 0. The number of hydrogen-bond donors (Lipinski definition) is 2. The maximum absolute atomic E-state index is 9.65. The standard InChI is InChI=1S/C22H29N5O3S/c1-4-13(10-28)25-19-18-17(23-12-24-19)16-14-9-22(2,3)30-11-15(14)20(26-21(16)31-18)27-5-7-29-8-6-27/h12-13,28H,4-11H2,1-3H3,(H,23,24,25)/t13-/m1/s1. The number of nitrogens with one attached hydrogen (secondary N) is 1. The van der Waals surface area contributed by atoms with Gasteiger partial charge in [-0.1, -0.05) is 6.92 Å². The van der Waals surface area contributed by atoms with Crippen LogP contribution in [0.3, 0.4) is 0 Å². The van der Waals surface area contributed by atoms with Crippen LogP contribution in [0.5, 0.6) is 0 Å². The van der Waals surface area contributed by atoms with Gasteiger partial charge in [-0.05, 0) is 25.8 Å². The lowest BCUT2D eigenvalue weighted by molar-refractivity contribution is -0.0396. The van der Waals surface area contributed by atoms with Crippen molar-refractivity contribution in [1.82, 2.24) is 15.0 Å². The number of pyridine rings is 1. The average molecular weight is 444 g/mol. The van der Waals surface area contributed by atoms with Crippen LogP contribution >= 0.6 is 11.3 Å². The van der Waals surface area contributed by atoms with E-state index in [1.54, 1.807) is 17.7 Å². The molecule has 0 bridgehead atoms. The zero-order valence-electron chi connectivity index (χ0n) is 18.3. The summed E-state index contributed by atoms with van der Waals surface area (Å²) >= 11 is 1.62. The molecule has 1 fully saturated rings. The Kier molecular flexibility index (Phi) is 5.45. The lowest BCUT2D eigenvalue weighted by Crippen LogP contribution is -2.39. The molecule has 0 radical (unpaired) electrons. The van der Waals surface area contributed by atoms with Crippen LogP contribution in [0, 0.1) is 0 Å². The molecule has 2 aliphatic heterocycles. The van der Waals surface area contributed by atoms with E-state index >= 15 is 0 Å². The summed E-state index contributed by atoms with van der Waals surface area (Å²) in [6.07, 6.45) is 3.23. The van der Waals surface area contributed by atoms with Gasteiger partial charge in [-0.2, -0.15) is 0 Å². The van der Waals surface area contributed by atoms with E-state index in [1.165, 1.54) is 11.1 Å². The predicted octanol–water partition coefficient (Wildman–Crippen LogP) is 3.11. The van der Waals surface area contributed by atoms with Gasteiger partial charge in [0.1, 0.15) is 22.8 Å². The summed E-state index contributed by atoms with van der Waals surface area (Å²) < 4.78 is 12.8. The number of thiophene rings is 1. The van der Waals surface area contributed by atoms with Crippen LogP contribution in [0.25, 0.3) is 20.4 Å². The Morgan fingerprint density at radius 1 is 1.26 bits per heavy atom. The molecule has 0 aliphatic carbocycles. The van der Waals surface area contributed by atoms with Crippen molar-refractivity contribution in [1.29, 1.82) is 0 Å². The number of aliphatic hydroxyl groups is 1. The highest BCUT2D eigenvalue weighted by molar-refractivity contribution is 7.26. The molecule has 5 rings (SSSR count). The average Bonchev–Trinajstić information content (AvgIpc) is 3.16. The first-order valence-electron chi connectivity index (χ1n) is 10.9. The third-order valence-corrected chi connectivity index (χ3v) is 7.25. The maximum atomic E-state index is 9.65. The Bertz CT molecular complexity index is 1110. The molecule has 2 aliphatic rings. The Morgan fingerprint density at radius 3 is 2.81 bits per heavy atom. The second-order valence-electron chi connectivity index (χ2n) is 8.83. The molecular formula is C22H29N5O3S. The predicted molar refractivity (Wildman–Crippen MR) is 123 cm³/mol. The van der Waals surface area contributed by atoms with E-state index in [2.05, 4.69) is 34.0 Å². The molecule has 1 saturated heterocycles. The van der Waals surface area contributed by atoms with Gasteiger partial charge < -0.3 is 24.8 Å². The minimum absolute atomic E-state index is 0.0403. The Morgan fingerprint density at radius 2 is 2.06 bits per heavy atom. The maximum Gasteiger partial charge on any atom is 0.147 e. The number of fused-ring (bicyclic) bond motifs is 5. The van der Waals surface area contributed by atoms with E-state index in [4.69, 9.17) is 14.5 Å². The Balaban J connectivity index is 1.72. The quantitative estimate of drug-likeness (QED) is 0.621. The van der Waals surface area contributed by atoms with Gasteiger partial charge in [-0.25, -0.2) is 15.0 Å². The third-order valence-electron chi connectivity index (χ3n) is 6.17. The van der Waals surface area contributed by atoms with Crippen LogP contribution < -0.4 is 10.2 Å². The van der Waals surface area contributed by atoms with Gasteiger partial charge in [0.15, 0.2) is 0 Å². The number of nitrogens with zero attached hydrogens (tertiary/aromatic N) is 4. The van der Waals surface area contributed by atoms with Gasteiger partial charge in [-0.15, -0.1) is 11.3 Å². The number of anilines is 2. The van der Waals surface area contributed by atoms with Gasteiger partial charge in [-0.3, -0.25) is 0 Å². The number of rotatable bonds is 5. The van der Waals surface area contributed by atoms with E-state index in [9.17, 15) is 5.11 Å². The second kappa shape index (κ2) is 8.12. The molecule has 5 heterocycles. The highest BCUT2D eigenvalue weighted by atomic mass is 32.1. The van der Waals surface area contributed by atoms with Crippen LogP contribution in [0.4, 0.5) is 11.6 Å². The fourth-order valence-corrected chi connectivity index (χ4v) is 5.51. The topological polar surface area (TPSA) is 92.6 Å². The molecular weight excluding hydrogens is 414 g/mol. The third kappa shape index (κ3) is 3.73. The molecule has 0 unspecified atom stereocenters. The van der Waals surface area contributed by atoms with Crippen LogP contribution in [0.2, 0.25) is 0 Å². The second-order valence-corrected chi connectivity index (χ2v) is 9.83. The minimum atomic E-state index is -0.240. The first kappa shape index (κ1) is 20.8. The molecule has 0 amide bonds. The Hall–Kier alpha value is -2.07. The van der Waals surface area contributed by atoms with Crippen molar-refractivity contribution < 1.29 is 14.6 Å². The minimum Gasteiger partial charge on any atom is -0.394 e. The summed E-state index contributed by atoms with van der Waals surface area (Å²) in [6, 6.07) is -0.0403. The monoisotopic (exact) mass is 443 g/mol. The molecule has 0 spiro atoms. The zero-order chi connectivity index (χ0) is 21.6. The molecule has 0 aromatic carbocycles. The van der Waals surface area contributed by atoms with Crippen LogP contribution in [-0.2, 0) is 22.5 Å². The fraction of sp³-hybridized carbons (Fsp3) is 0.591. The van der Waals surface area contributed by atoms with Gasteiger partial charge >= 0.3 is 0 Å². The number of hydrogen-bond acceptors (Lipinski definition) is 9. The molecule has 2 N–H and O–H groups in total. The van der Waals surface area contributed by atoms with Crippen molar-refractivity contribution in [3.05, 3.63) is 17.5 Å². The molecule has 8 nitrogen and oxygen atoms in total.